The molecule has 134 valence electrons. The molecular weight excluding hydrogens is 352 g/mol. The lowest BCUT2D eigenvalue weighted by molar-refractivity contribution is 0.566. The molecule has 0 saturated heterocycles. The van der Waals surface area contributed by atoms with Gasteiger partial charge in [-0.1, -0.05) is 12.1 Å². The molecule has 0 aliphatic heterocycles. The van der Waals surface area contributed by atoms with Crippen LogP contribution in [0.1, 0.15) is 0 Å². The monoisotopic (exact) mass is 378 g/mol. The van der Waals surface area contributed by atoms with Crippen molar-refractivity contribution in [1.82, 2.24) is 9.97 Å². The first-order chi connectivity index (χ1) is 12.2. The predicted octanol–water partition coefficient (Wildman–Crippen LogP) is 5.07. The second-order valence-electron chi connectivity index (χ2n) is 8.00. The molecule has 0 atom stereocenters. The maximum atomic E-state index is 6.65. The van der Waals surface area contributed by atoms with Crippen LogP contribution in [0.5, 0.6) is 0 Å². The van der Waals surface area contributed by atoms with Crippen LogP contribution in [0.3, 0.4) is 0 Å². The highest BCUT2D eigenvalue weighted by Gasteiger charge is 2.32. The van der Waals surface area contributed by atoms with Crippen molar-refractivity contribution in [1.29, 1.82) is 0 Å². The average Bonchev–Trinajstić information content (AvgIpc) is 2.61. The van der Waals surface area contributed by atoms with Crippen LogP contribution < -0.4 is 5.19 Å². The lowest BCUT2D eigenvalue weighted by Gasteiger charge is -2.32. The first-order valence-electron chi connectivity index (χ1n) is 8.91. The minimum absolute atomic E-state index is 1.18. The van der Waals surface area contributed by atoms with Gasteiger partial charge in [-0.15, -0.1) is 0 Å². The van der Waals surface area contributed by atoms with Gasteiger partial charge in [-0.25, -0.2) is 0 Å². The molecule has 3 rings (SSSR count). The fourth-order valence-corrected chi connectivity index (χ4v) is 10.8. The topological polar surface area (TPSA) is 35.0 Å². The van der Waals surface area contributed by atoms with Crippen molar-refractivity contribution >= 4 is 21.8 Å². The van der Waals surface area contributed by atoms with Gasteiger partial charge >= 0.3 is 0 Å². The SMILES string of the molecule is C[Si](C)(C)O[Si](C)(C)c1cc(-c2ccncc2)cc(-c2ccncc2)c1. The Bertz CT molecular complexity index is 818. The highest BCUT2D eigenvalue weighted by Crippen LogP contribution is 2.27. The number of benzene rings is 1. The maximum Gasteiger partial charge on any atom is 0.205 e. The molecule has 0 fully saturated rings. The van der Waals surface area contributed by atoms with Gasteiger partial charge in [0.2, 0.25) is 8.32 Å². The smallest absolute Gasteiger partial charge is 0.205 e. The van der Waals surface area contributed by atoms with Crippen LogP contribution in [0, 0.1) is 0 Å². The Morgan fingerprint density at radius 3 is 1.42 bits per heavy atom. The molecule has 0 saturated carbocycles. The predicted molar refractivity (Wildman–Crippen MR) is 114 cm³/mol. The van der Waals surface area contributed by atoms with E-state index in [1.807, 2.05) is 24.8 Å². The molecule has 2 heterocycles. The highest BCUT2D eigenvalue weighted by atomic mass is 28.4. The van der Waals surface area contributed by atoms with E-state index < -0.39 is 16.6 Å². The summed E-state index contributed by atoms with van der Waals surface area (Å²) in [5.41, 5.74) is 4.76. The molecule has 26 heavy (non-hydrogen) atoms. The van der Waals surface area contributed by atoms with Crippen molar-refractivity contribution in [3.05, 3.63) is 67.3 Å². The first-order valence-corrected chi connectivity index (χ1v) is 15.2. The molecule has 0 bridgehead atoms. The minimum Gasteiger partial charge on any atom is -0.452 e. The van der Waals surface area contributed by atoms with E-state index in [4.69, 9.17) is 4.12 Å². The number of pyridine rings is 2. The second kappa shape index (κ2) is 7.27. The van der Waals surface area contributed by atoms with Gasteiger partial charge in [0.1, 0.15) is 0 Å². The second-order valence-corrected chi connectivity index (χ2v) is 16.6. The zero-order chi connectivity index (χ0) is 18.8. The van der Waals surface area contributed by atoms with E-state index in [0.717, 1.165) is 0 Å². The third-order valence-corrected chi connectivity index (χ3v) is 10.4. The van der Waals surface area contributed by atoms with Crippen LogP contribution in [-0.4, -0.2) is 26.6 Å². The van der Waals surface area contributed by atoms with Gasteiger partial charge in [0, 0.05) is 24.8 Å². The van der Waals surface area contributed by atoms with Crippen LogP contribution in [0.4, 0.5) is 0 Å². The third-order valence-electron chi connectivity index (χ3n) is 4.22. The lowest BCUT2D eigenvalue weighted by Crippen LogP contribution is -2.51. The lowest BCUT2D eigenvalue weighted by atomic mass is 10.0. The Balaban J connectivity index is 2.15. The summed E-state index contributed by atoms with van der Waals surface area (Å²) in [7, 11) is -3.64. The molecular formula is C21H26N2OSi2. The van der Waals surface area contributed by atoms with Crippen LogP contribution in [0.15, 0.2) is 67.3 Å². The van der Waals surface area contributed by atoms with Gasteiger partial charge in [-0.05, 0) is 90.5 Å². The highest BCUT2D eigenvalue weighted by molar-refractivity contribution is 6.92. The summed E-state index contributed by atoms with van der Waals surface area (Å²) < 4.78 is 6.65. The van der Waals surface area contributed by atoms with Crippen LogP contribution in [-0.2, 0) is 4.12 Å². The van der Waals surface area contributed by atoms with Gasteiger partial charge in [0.15, 0.2) is 8.32 Å². The van der Waals surface area contributed by atoms with E-state index in [-0.39, 0.29) is 0 Å². The van der Waals surface area contributed by atoms with Crippen molar-refractivity contribution < 1.29 is 4.12 Å². The molecule has 0 amide bonds. The molecule has 1 aromatic carbocycles. The van der Waals surface area contributed by atoms with E-state index in [2.05, 4.69) is 85.2 Å². The number of nitrogens with zero attached hydrogens (tertiary/aromatic N) is 2. The minimum atomic E-state index is -2.01. The summed E-state index contributed by atoms with van der Waals surface area (Å²) in [5, 5.41) is 1.32. The zero-order valence-electron chi connectivity index (χ0n) is 16.2. The Labute approximate surface area is 158 Å². The number of hydrogen-bond donors (Lipinski definition) is 0. The van der Waals surface area contributed by atoms with Crippen molar-refractivity contribution in [3.8, 4) is 22.3 Å². The van der Waals surface area contributed by atoms with Gasteiger partial charge in [-0.2, -0.15) is 0 Å². The van der Waals surface area contributed by atoms with Crippen LogP contribution in [0.25, 0.3) is 22.3 Å². The van der Waals surface area contributed by atoms with E-state index in [0.29, 0.717) is 0 Å². The number of rotatable bonds is 5. The maximum absolute atomic E-state index is 6.65. The van der Waals surface area contributed by atoms with E-state index >= 15 is 0 Å². The molecule has 5 heteroatoms. The largest absolute Gasteiger partial charge is 0.452 e. The molecule has 0 aliphatic rings. The molecule has 0 N–H and O–H groups in total. The molecule has 0 unspecified atom stereocenters. The van der Waals surface area contributed by atoms with E-state index in [1.54, 1.807) is 0 Å². The fraction of sp³-hybridized carbons (Fsp3) is 0.238. The van der Waals surface area contributed by atoms with Crippen molar-refractivity contribution in [3.63, 3.8) is 0 Å². The molecule has 0 radical (unpaired) electrons. The molecule has 0 spiro atoms. The van der Waals surface area contributed by atoms with Crippen molar-refractivity contribution in [2.45, 2.75) is 32.7 Å². The molecule has 3 aromatic rings. The summed E-state index contributed by atoms with van der Waals surface area (Å²) in [6, 6.07) is 15.1. The Hall–Kier alpha value is -2.09. The molecule has 0 aliphatic carbocycles. The number of hydrogen-bond acceptors (Lipinski definition) is 3. The molecule has 3 nitrogen and oxygen atoms in total. The van der Waals surface area contributed by atoms with E-state index in [9.17, 15) is 0 Å². The Kier molecular flexibility index (Phi) is 5.23. The molecule has 2 aromatic heterocycles. The summed E-state index contributed by atoms with van der Waals surface area (Å²) >= 11 is 0. The van der Waals surface area contributed by atoms with Crippen LogP contribution >= 0.6 is 0 Å². The fourth-order valence-electron chi connectivity index (χ4n) is 3.22. The third kappa shape index (κ3) is 4.55. The van der Waals surface area contributed by atoms with Gasteiger partial charge < -0.3 is 4.12 Å². The van der Waals surface area contributed by atoms with E-state index in [1.165, 1.54) is 27.4 Å². The summed E-state index contributed by atoms with van der Waals surface area (Å²) in [6.07, 6.45) is 7.37. The van der Waals surface area contributed by atoms with Gasteiger partial charge in [0.05, 0.1) is 0 Å². The average molecular weight is 379 g/mol. The summed E-state index contributed by atoms with van der Waals surface area (Å²) in [6.45, 7) is 11.4. The normalized spacial score (nSPS) is 12.2. The number of aromatic nitrogens is 2. The van der Waals surface area contributed by atoms with Gasteiger partial charge in [0.25, 0.3) is 0 Å². The van der Waals surface area contributed by atoms with Crippen molar-refractivity contribution in [2.75, 3.05) is 0 Å². The Morgan fingerprint density at radius 1 is 0.615 bits per heavy atom. The van der Waals surface area contributed by atoms with Crippen LogP contribution in [0.2, 0.25) is 32.7 Å². The van der Waals surface area contributed by atoms with Gasteiger partial charge in [-0.3, -0.25) is 9.97 Å². The Morgan fingerprint density at radius 2 is 1.04 bits per heavy atom. The quantitative estimate of drug-likeness (QED) is 0.581. The standard InChI is InChI=1S/C21H26N2OSi2/c1-25(2,3)24-26(4,5)21-15-19(17-6-10-22-11-7-17)14-20(16-21)18-8-12-23-13-9-18/h6-16H,1-5H3. The van der Waals surface area contributed by atoms with Crippen molar-refractivity contribution in [2.24, 2.45) is 0 Å². The first kappa shape index (κ1) is 18.7. The summed E-state index contributed by atoms with van der Waals surface area (Å²) in [5.74, 6) is 0. The summed E-state index contributed by atoms with van der Waals surface area (Å²) in [4.78, 5) is 8.30. The zero-order valence-corrected chi connectivity index (χ0v) is 18.2.